The smallest absolute Gasteiger partial charge is 0.408 e. The molecule has 7 nitrogen and oxygen atoms in total. The third-order valence-electron chi connectivity index (χ3n) is 6.31. The molecule has 1 unspecified atom stereocenters. The fourth-order valence-electron chi connectivity index (χ4n) is 4.61. The highest BCUT2D eigenvalue weighted by atomic mass is 19.4. The zero-order valence-electron chi connectivity index (χ0n) is 20.8. The normalized spacial score (nSPS) is 15.3. The summed E-state index contributed by atoms with van der Waals surface area (Å²) in [7, 11) is 1.48. The first-order valence-corrected chi connectivity index (χ1v) is 11.6. The zero-order chi connectivity index (χ0) is 26.4. The first kappa shape index (κ1) is 25.5. The third-order valence-corrected chi connectivity index (χ3v) is 6.31. The Morgan fingerprint density at radius 3 is 2.47 bits per heavy atom. The molecule has 3 heterocycles. The van der Waals surface area contributed by atoms with Crippen molar-refractivity contribution in [3.63, 3.8) is 0 Å². The summed E-state index contributed by atoms with van der Waals surface area (Å²) < 4.78 is 51.9. The second-order valence-electron chi connectivity index (χ2n) is 9.90. The zero-order valence-corrected chi connectivity index (χ0v) is 20.8. The van der Waals surface area contributed by atoms with E-state index in [-0.39, 0.29) is 23.6 Å². The lowest BCUT2D eigenvalue weighted by molar-refractivity contribution is -0.142. The number of rotatable bonds is 5. The Balaban J connectivity index is 1.88. The predicted octanol–water partition coefficient (Wildman–Crippen LogP) is 5.27. The van der Waals surface area contributed by atoms with Gasteiger partial charge in [-0.1, -0.05) is 20.8 Å². The molecule has 0 fully saturated rings. The number of pyridine rings is 1. The molecule has 0 N–H and O–H groups in total. The van der Waals surface area contributed by atoms with Crippen LogP contribution in [0.25, 0.3) is 22.4 Å². The van der Waals surface area contributed by atoms with Crippen LogP contribution in [0, 0.1) is 5.41 Å². The summed E-state index contributed by atoms with van der Waals surface area (Å²) in [6, 6.07) is 4.99. The SMILES string of the molecule is CCOC(=O)c1cn2c(cc1=O)-c1cc(OC)c(-c3cnn(CC(F)(F)F)c3)cc1CC2C(C)(C)C. The molecule has 0 amide bonds. The number of fused-ring (bicyclic) bond motifs is 3. The molecule has 36 heavy (non-hydrogen) atoms. The van der Waals surface area contributed by atoms with Gasteiger partial charge in [-0.15, -0.1) is 0 Å². The molecule has 10 heteroatoms. The van der Waals surface area contributed by atoms with Crippen molar-refractivity contribution >= 4 is 5.97 Å². The molecule has 1 aliphatic heterocycles. The van der Waals surface area contributed by atoms with Gasteiger partial charge in [0.1, 0.15) is 17.9 Å². The van der Waals surface area contributed by atoms with E-state index < -0.39 is 24.1 Å². The van der Waals surface area contributed by atoms with Gasteiger partial charge in [-0.05, 0) is 36.5 Å². The van der Waals surface area contributed by atoms with Crippen molar-refractivity contribution in [1.82, 2.24) is 14.3 Å². The molecule has 0 bridgehead atoms. The van der Waals surface area contributed by atoms with Crippen LogP contribution in [0.4, 0.5) is 13.2 Å². The topological polar surface area (TPSA) is 75.3 Å². The minimum absolute atomic E-state index is 0.0287. The van der Waals surface area contributed by atoms with Crippen LogP contribution in [0.3, 0.4) is 0 Å². The summed E-state index contributed by atoms with van der Waals surface area (Å²) in [6.45, 7) is 6.86. The van der Waals surface area contributed by atoms with Crippen LogP contribution in [0.15, 0.2) is 41.6 Å². The van der Waals surface area contributed by atoms with Gasteiger partial charge in [0.2, 0.25) is 0 Å². The Morgan fingerprint density at radius 1 is 1.14 bits per heavy atom. The first-order chi connectivity index (χ1) is 16.8. The number of ether oxygens (including phenoxy) is 2. The number of hydrogen-bond donors (Lipinski definition) is 0. The lowest BCUT2D eigenvalue weighted by Gasteiger charge is -2.39. The summed E-state index contributed by atoms with van der Waals surface area (Å²) >= 11 is 0. The fraction of sp³-hybridized carbons (Fsp3) is 0.423. The maximum atomic E-state index is 12.9. The predicted molar refractivity (Wildman–Crippen MR) is 128 cm³/mol. The third kappa shape index (κ3) is 4.89. The standard InChI is InChI=1S/C26H28F3N3O4/c1-6-36-24(34)19-13-32-20(10-21(19)33)17-9-22(35-5)18(7-15(17)8-23(32)25(2,3)4)16-11-30-31(12-16)14-26(27,28)29/h7,9-13,23H,6,8,14H2,1-5H3. The number of halogens is 3. The van der Waals surface area contributed by atoms with Gasteiger partial charge >= 0.3 is 12.1 Å². The van der Waals surface area contributed by atoms with E-state index in [2.05, 4.69) is 25.9 Å². The van der Waals surface area contributed by atoms with Gasteiger partial charge in [-0.3, -0.25) is 9.48 Å². The lowest BCUT2D eigenvalue weighted by Crippen LogP contribution is -2.33. The van der Waals surface area contributed by atoms with E-state index in [4.69, 9.17) is 9.47 Å². The van der Waals surface area contributed by atoms with Gasteiger partial charge in [-0.2, -0.15) is 18.3 Å². The summed E-state index contributed by atoms with van der Waals surface area (Å²) in [5, 5.41) is 3.86. The Kier molecular flexibility index (Phi) is 6.49. The van der Waals surface area contributed by atoms with E-state index in [1.807, 2.05) is 10.6 Å². The lowest BCUT2D eigenvalue weighted by atomic mass is 9.78. The average molecular weight is 504 g/mol. The summed E-state index contributed by atoms with van der Waals surface area (Å²) in [5.41, 5.74) is 2.68. The highest BCUT2D eigenvalue weighted by molar-refractivity contribution is 5.89. The van der Waals surface area contributed by atoms with E-state index in [9.17, 15) is 22.8 Å². The molecule has 0 spiro atoms. The van der Waals surface area contributed by atoms with Gasteiger partial charge in [0.15, 0.2) is 5.43 Å². The highest BCUT2D eigenvalue weighted by Gasteiger charge is 2.34. The van der Waals surface area contributed by atoms with E-state index in [0.29, 0.717) is 29.0 Å². The number of aromatic nitrogens is 3. The summed E-state index contributed by atoms with van der Waals surface area (Å²) in [4.78, 5) is 25.3. The molecule has 3 aromatic rings. The number of carbonyl (C=O) groups excluding carboxylic acids is 1. The van der Waals surface area contributed by atoms with Crippen molar-refractivity contribution in [2.24, 2.45) is 5.41 Å². The van der Waals surface area contributed by atoms with Gasteiger partial charge < -0.3 is 14.0 Å². The Morgan fingerprint density at radius 2 is 1.86 bits per heavy atom. The van der Waals surface area contributed by atoms with Gasteiger partial charge in [0.25, 0.3) is 0 Å². The van der Waals surface area contributed by atoms with Crippen molar-refractivity contribution in [3.05, 3.63) is 58.1 Å². The van der Waals surface area contributed by atoms with Crippen molar-refractivity contribution in [2.75, 3.05) is 13.7 Å². The molecule has 1 aliphatic rings. The molecular formula is C26H28F3N3O4. The molecule has 0 aliphatic carbocycles. The second-order valence-corrected chi connectivity index (χ2v) is 9.90. The van der Waals surface area contributed by atoms with Gasteiger partial charge in [0.05, 0.1) is 25.6 Å². The highest BCUT2D eigenvalue weighted by Crippen LogP contribution is 2.45. The van der Waals surface area contributed by atoms with Crippen molar-refractivity contribution in [1.29, 1.82) is 0 Å². The summed E-state index contributed by atoms with van der Waals surface area (Å²) in [5.74, 6) is -0.233. The molecule has 2 aromatic heterocycles. The average Bonchev–Trinajstić information content (AvgIpc) is 3.23. The molecule has 1 atom stereocenters. The maximum Gasteiger partial charge on any atom is 0.408 e. The van der Waals surface area contributed by atoms with Crippen LogP contribution in [-0.2, 0) is 17.7 Å². The van der Waals surface area contributed by atoms with Gasteiger partial charge in [-0.25, -0.2) is 4.79 Å². The number of benzene rings is 1. The molecule has 192 valence electrons. The molecular weight excluding hydrogens is 475 g/mol. The van der Waals surface area contributed by atoms with Crippen LogP contribution in [-0.4, -0.2) is 40.2 Å². The fourth-order valence-corrected chi connectivity index (χ4v) is 4.61. The van der Waals surface area contributed by atoms with Crippen LogP contribution in [0.2, 0.25) is 0 Å². The van der Waals surface area contributed by atoms with Crippen LogP contribution in [0.5, 0.6) is 5.75 Å². The van der Waals surface area contributed by atoms with E-state index >= 15 is 0 Å². The number of methoxy groups -OCH3 is 1. The Bertz CT molecular complexity index is 1370. The maximum absolute atomic E-state index is 12.9. The van der Waals surface area contributed by atoms with Crippen molar-refractivity contribution in [3.8, 4) is 28.1 Å². The monoisotopic (exact) mass is 503 g/mol. The van der Waals surface area contributed by atoms with Crippen LogP contribution in [0.1, 0.15) is 49.7 Å². The van der Waals surface area contributed by atoms with E-state index in [1.54, 1.807) is 19.2 Å². The quantitative estimate of drug-likeness (QED) is 0.444. The number of alkyl halides is 3. The van der Waals surface area contributed by atoms with E-state index in [1.165, 1.54) is 25.6 Å². The minimum Gasteiger partial charge on any atom is -0.496 e. The number of esters is 1. The van der Waals surface area contributed by atoms with Gasteiger partial charge in [0, 0.05) is 41.2 Å². The number of carbonyl (C=O) groups is 1. The van der Waals surface area contributed by atoms with Crippen molar-refractivity contribution < 1.29 is 27.4 Å². The molecule has 0 saturated carbocycles. The number of hydrogen-bond acceptors (Lipinski definition) is 5. The largest absolute Gasteiger partial charge is 0.496 e. The van der Waals surface area contributed by atoms with Crippen LogP contribution < -0.4 is 10.2 Å². The minimum atomic E-state index is -4.39. The van der Waals surface area contributed by atoms with Crippen molar-refractivity contribution in [2.45, 2.75) is 52.9 Å². The molecule has 0 radical (unpaired) electrons. The second kappa shape index (κ2) is 9.15. The molecule has 4 rings (SSSR count). The number of nitrogens with zero attached hydrogens (tertiary/aromatic N) is 3. The van der Waals surface area contributed by atoms with Crippen LogP contribution >= 0.6 is 0 Å². The van der Waals surface area contributed by atoms with E-state index in [0.717, 1.165) is 15.8 Å². The Hall–Kier alpha value is -3.56. The molecule has 0 saturated heterocycles. The summed E-state index contributed by atoms with van der Waals surface area (Å²) in [6.07, 6.45) is 0.471. The Labute approximate surface area is 206 Å². The first-order valence-electron chi connectivity index (χ1n) is 11.6. The molecule has 1 aromatic carbocycles.